The second-order valence-corrected chi connectivity index (χ2v) is 7.13. The molecule has 30 heavy (non-hydrogen) atoms. The number of ether oxygens (including phenoxy) is 3. The normalized spacial score (nSPS) is 10.5. The predicted octanol–water partition coefficient (Wildman–Crippen LogP) is 3.53. The number of nitrogens with zero attached hydrogens (tertiary/aromatic N) is 3. The van der Waals surface area contributed by atoms with E-state index in [2.05, 4.69) is 15.5 Å². The first-order valence-corrected chi connectivity index (χ1v) is 10.4. The molecule has 1 heterocycles. The van der Waals surface area contributed by atoms with Crippen molar-refractivity contribution >= 4 is 23.4 Å². The molecule has 1 amide bonds. The second-order valence-electron chi connectivity index (χ2n) is 6.19. The summed E-state index contributed by atoms with van der Waals surface area (Å²) in [6.45, 7) is 2.70. The Morgan fingerprint density at radius 1 is 1.07 bits per heavy atom. The third-order valence-electron chi connectivity index (χ3n) is 4.15. The van der Waals surface area contributed by atoms with Crippen LogP contribution in [0.25, 0.3) is 0 Å². The van der Waals surface area contributed by atoms with Gasteiger partial charge in [-0.1, -0.05) is 23.9 Å². The minimum Gasteiger partial charge on any atom is -0.497 e. The summed E-state index contributed by atoms with van der Waals surface area (Å²) in [5.74, 6) is 2.84. The zero-order chi connectivity index (χ0) is 21.3. The Morgan fingerprint density at radius 3 is 2.53 bits per heavy atom. The first kappa shape index (κ1) is 21.5. The fraction of sp³-hybridized carbons (Fsp3) is 0.286. The Labute approximate surface area is 179 Å². The van der Waals surface area contributed by atoms with Gasteiger partial charge in [0.05, 0.1) is 25.2 Å². The van der Waals surface area contributed by atoms with Crippen LogP contribution >= 0.6 is 11.8 Å². The minimum absolute atomic E-state index is 0.147. The van der Waals surface area contributed by atoms with Gasteiger partial charge in [0.15, 0.2) is 11.0 Å². The molecule has 158 valence electrons. The largest absolute Gasteiger partial charge is 0.497 e. The topological polar surface area (TPSA) is 87.5 Å². The van der Waals surface area contributed by atoms with Gasteiger partial charge in [-0.25, -0.2) is 0 Å². The maximum absolute atomic E-state index is 12.3. The van der Waals surface area contributed by atoms with Gasteiger partial charge in [0, 0.05) is 7.05 Å². The summed E-state index contributed by atoms with van der Waals surface area (Å²) < 4.78 is 18.2. The van der Waals surface area contributed by atoms with Crippen LogP contribution in [-0.4, -0.2) is 40.1 Å². The van der Waals surface area contributed by atoms with Crippen molar-refractivity contribution in [3.8, 4) is 17.2 Å². The number of benzene rings is 2. The van der Waals surface area contributed by atoms with Crippen molar-refractivity contribution in [3.05, 3.63) is 54.4 Å². The molecule has 0 saturated heterocycles. The maximum Gasteiger partial charge on any atom is 0.234 e. The van der Waals surface area contributed by atoms with Crippen molar-refractivity contribution < 1.29 is 19.0 Å². The fourth-order valence-electron chi connectivity index (χ4n) is 2.58. The summed E-state index contributed by atoms with van der Waals surface area (Å²) in [6.07, 6.45) is 0. The molecule has 0 spiro atoms. The van der Waals surface area contributed by atoms with Gasteiger partial charge in [-0.05, 0) is 43.3 Å². The molecule has 0 fully saturated rings. The molecule has 0 bridgehead atoms. The van der Waals surface area contributed by atoms with Crippen LogP contribution in [0.3, 0.4) is 0 Å². The van der Waals surface area contributed by atoms with E-state index < -0.39 is 0 Å². The van der Waals surface area contributed by atoms with Crippen molar-refractivity contribution in [3.63, 3.8) is 0 Å². The molecular formula is C21H24N4O4S. The van der Waals surface area contributed by atoms with Gasteiger partial charge in [-0.2, -0.15) is 0 Å². The summed E-state index contributed by atoms with van der Waals surface area (Å²) in [6, 6.07) is 14.7. The van der Waals surface area contributed by atoms with Gasteiger partial charge in [-0.3, -0.25) is 4.79 Å². The van der Waals surface area contributed by atoms with Crippen molar-refractivity contribution in [2.45, 2.75) is 18.7 Å². The van der Waals surface area contributed by atoms with Gasteiger partial charge in [0.1, 0.15) is 23.9 Å². The van der Waals surface area contributed by atoms with Crippen LogP contribution in [0.1, 0.15) is 12.7 Å². The lowest BCUT2D eigenvalue weighted by Crippen LogP contribution is -2.15. The average Bonchev–Trinajstić information content (AvgIpc) is 3.12. The Morgan fingerprint density at radius 2 is 1.80 bits per heavy atom. The number of hydrogen-bond donors (Lipinski definition) is 1. The fourth-order valence-corrected chi connectivity index (χ4v) is 3.31. The van der Waals surface area contributed by atoms with Crippen molar-refractivity contribution in [1.82, 2.24) is 14.8 Å². The molecule has 1 aromatic heterocycles. The van der Waals surface area contributed by atoms with Crippen LogP contribution in [0, 0.1) is 0 Å². The summed E-state index contributed by atoms with van der Waals surface area (Å²) >= 11 is 1.31. The van der Waals surface area contributed by atoms with Crippen LogP contribution in [0.5, 0.6) is 17.2 Å². The molecule has 0 aliphatic heterocycles. The third kappa shape index (κ3) is 5.66. The van der Waals surface area contributed by atoms with Crippen molar-refractivity contribution in [1.29, 1.82) is 0 Å². The molecule has 8 nitrogen and oxygen atoms in total. The standard InChI is InChI=1S/C21H24N4O4S/c1-4-28-18-8-6-5-7-17(18)22-20(26)14-30-21-24-23-19(25(21)2)13-29-16-11-9-15(27-3)10-12-16/h5-12H,4,13-14H2,1-3H3,(H,22,26). The highest BCUT2D eigenvalue weighted by Crippen LogP contribution is 2.24. The van der Waals surface area contributed by atoms with Gasteiger partial charge in [0.25, 0.3) is 0 Å². The number of thioether (sulfide) groups is 1. The van der Waals surface area contributed by atoms with E-state index in [4.69, 9.17) is 14.2 Å². The van der Waals surface area contributed by atoms with Crippen LogP contribution in [0.2, 0.25) is 0 Å². The van der Waals surface area contributed by atoms with Crippen molar-refractivity contribution in [2.24, 2.45) is 7.05 Å². The molecule has 0 radical (unpaired) electrons. The molecule has 2 aromatic carbocycles. The molecule has 3 aromatic rings. The van der Waals surface area contributed by atoms with E-state index in [1.54, 1.807) is 7.11 Å². The molecule has 0 aliphatic rings. The van der Waals surface area contributed by atoms with Crippen LogP contribution in [0.4, 0.5) is 5.69 Å². The summed E-state index contributed by atoms with van der Waals surface area (Å²) in [5.41, 5.74) is 0.650. The number of amides is 1. The lowest BCUT2D eigenvalue weighted by atomic mass is 10.3. The van der Waals surface area contributed by atoms with E-state index in [0.717, 1.165) is 5.75 Å². The highest BCUT2D eigenvalue weighted by Gasteiger charge is 2.13. The van der Waals surface area contributed by atoms with E-state index in [0.29, 0.717) is 34.8 Å². The summed E-state index contributed by atoms with van der Waals surface area (Å²) in [7, 11) is 3.46. The molecule has 3 rings (SSSR count). The number of para-hydroxylation sites is 2. The highest BCUT2D eigenvalue weighted by molar-refractivity contribution is 7.99. The molecule has 0 atom stereocenters. The molecule has 0 unspecified atom stereocenters. The average molecular weight is 429 g/mol. The quantitative estimate of drug-likeness (QED) is 0.494. The van der Waals surface area contributed by atoms with Crippen LogP contribution in [-0.2, 0) is 18.4 Å². The zero-order valence-electron chi connectivity index (χ0n) is 17.1. The van der Waals surface area contributed by atoms with E-state index in [1.165, 1.54) is 11.8 Å². The number of carbonyl (C=O) groups excluding carboxylic acids is 1. The van der Waals surface area contributed by atoms with Gasteiger partial charge in [0.2, 0.25) is 5.91 Å². The number of anilines is 1. The number of aromatic nitrogens is 3. The SMILES string of the molecule is CCOc1ccccc1NC(=O)CSc1nnc(COc2ccc(OC)cc2)n1C. The first-order valence-electron chi connectivity index (χ1n) is 9.40. The Bertz CT molecular complexity index is 975. The minimum atomic E-state index is -0.147. The van der Waals surface area contributed by atoms with Gasteiger partial charge < -0.3 is 24.1 Å². The van der Waals surface area contributed by atoms with Gasteiger partial charge in [-0.15, -0.1) is 10.2 Å². The smallest absolute Gasteiger partial charge is 0.234 e. The number of carbonyl (C=O) groups is 1. The zero-order valence-corrected chi connectivity index (χ0v) is 17.9. The second kappa shape index (κ2) is 10.5. The summed E-state index contributed by atoms with van der Waals surface area (Å²) in [5, 5.41) is 11.8. The highest BCUT2D eigenvalue weighted by atomic mass is 32.2. The van der Waals surface area contributed by atoms with Crippen LogP contribution in [0.15, 0.2) is 53.7 Å². The number of nitrogens with one attached hydrogen (secondary N) is 1. The number of methoxy groups -OCH3 is 1. The molecule has 1 N–H and O–H groups in total. The number of rotatable bonds is 10. The number of hydrogen-bond acceptors (Lipinski definition) is 7. The molecule has 0 saturated carbocycles. The van der Waals surface area contributed by atoms with E-state index in [9.17, 15) is 4.79 Å². The lowest BCUT2D eigenvalue weighted by molar-refractivity contribution is -0.113. The monoisotopic (exact) mass is 428 g/mol. The first-order chi connectivity index (χ1) is 14.6. The summed E-state index contributed by atoms with van der Waals surface area (Å²) in [4.78, 5) is 12.3. The Balaban J connectivity index is 1.52. The van der Waals surface area contributed by atoms with Crippen molar-refractivity contribution in [2.75, 3.05) is 24.8 Å². The van der Waals surface area contributed by atoms with E-state index in [-0.39, 0.29) is 18.3 Å². The van der Waals surface area contributed by atoms with Gasteiger partial charge >= 0.3 is 0 Å². The molecular weight excluding hydrogens is 404 g/mol. The predicted molar refractivity (Wildman–Crippen MR) is 115 cm³/mol. The van der Waals surface area contributed by atoms with E-state index in [1.807, 2.05) is 67.1 Å². The third-order valence-corrected chi connectivity index (χ3v) is 5.17. The Hall–Kier alpha value is -3.20. The van der Waals surface area contributed by atoms with Crippen LogP contribution < -0.4 is 19.5 Å². The molecule has 0 aliphatic carbocycles. The van der Waals surface area contributed by atoms with E-state index >= 15 is 0 Å². The molecule has 9 heteroatoms. The maximum atomic E-state index is 12.3. The Kier molecular flexibility index (Phi) is 7.56. The lowest BCUT2D eigenvalue weighted by Gasteiger charge is -2.11.